The van der Waals surface area contributed by atoms with Crippen LogP contribution in [0.4, 0.5) is 11.4 Å². The van der Waals surface area contributed by atoms with E-state index in [0.29, 0.717) is 5.75 Å². The Hall–Kier alpha value is -1.24. The van der Waals surface area contributed by atoms with Crippen LogP contribution >= 0.6 is 35.3 Å². The fourth-order valence-corrected chi connectivity index (χ4v) is 7.58. The summed E-state index contributed by atoms with van der Waals surface area (Å²) in [6, 6.07) is 15.6. The number of nitrogens with zero attached hydrogens (tertiary/aromatic N) is 1. The van der Waals surface area contributed by atoms with Crippen molar-refractivity contribution in [2.75, 3.05) is 23.5 Å². The largest absolute Gasteiger partial charge is 0.480 e. The molecule has 3 nitrogen and oxygen atoms in total. The van der Waals surface area contributed by atoms with E-state index < -0.39 is 10.7 Å². The van der Waals surface area contributed by atoms with Gasteiger partial charge < -0.3 is 10.0 Å². The van der Waals surface area contributed by atoms with Crippen LogP contribution in [0.5, 0.6) is 0 Å². The quantitative estimate of drug-likeness (QED) is 0.275. The maximum Gasteiger partial charge on any atom is 0.319 e. The van der Waals surface area contributed by atoms with Gasteiger partial charge in [-0.05, 0) is 68.2 Å². The zero-order valence-electron chi connectivity index (χ0n) is 21.9. The maximum absolute atomic E-state index is 11.7. The summed E-state index contributed by atoms with van der Waals surface area (Å²) in [7, 11) is 0. The molecular formula is C29H41NO2S3. The first-order valence-corrected chi connectivity index (χ1v) is 16.0. The van der Waals surface area contributed by atoms with E-state index in [0.717, 1.165) is 12.3 Å². The van der Waals surface area contributed by atoms with E-state index in [4.69, 9.17) is 0 Å². The highest BCUT2D eigenvalue weighted by atomic mass is 32.2. The molecule has 0 aromatic heterocycles. The van der Waals surface area contributed by atoms with Gasteiger partial charge in [0.1, 0.15) is 4.75 Å². The molecule has 0 unspecified atom stereocenters. The van der Waals surface area contributed by atoms with Crippen LogP contribution < -0.4 is 4.90 Å². The Bertz CT molecular complexity index is 969. The maximum atomic E-state index is 11.7. The number of aliphatic carboxylic acids is 1. The average Bonchev–Trinajstić information content (AvgIpc) is 3.02. The predicted molar refractivity (Wildman–Crippen MR) is 157 cm³/mol. The fraction of sp³-hybridized carbons (Fsp3) is 0.552. The topological polar surface area (TPSA) is 40.5 Å². The van der Waals surface area contributed by atoms with Gasteiger partial charge in [-0.25, -0.2) is 0 Å². The number of hydrogen-bond donors (Lipinski definition) is 1. The molecule has 0 aliphatic carbocycles. The van der Waals surface area contributed by atoms with Gasteiger partial charge in [0.25, 0.3) is 0 Å². The number of fused-ring (bicyclic) bond motifs is 1. The first-order chi connectivity index (χ1) is 16.7. The Morgan fingerprint density at radius 2 is 1.77 bits per heavy atom. The van der Waals surface area contributed by atoms with Gasteiger partial charge in [-0.2, -0.15) is 0 Å². The molecule has 0 fully saturated rings. The Kier molecular flexibility index (Phi) is 10.4. The van der Waals surface area contributed by atoms with Crippen molar-refractivity contribution in [3.63, 3.8) is 0 Å². The minimum absolute atomic E-state index is 0.283. The van der Waals surface area contributed by atoms with Gasteiger partial charge in [-0.3, -0.25) is 4.79 Å². The van der Waals surface area contributed by atoms with Gasteiger partial charge in [0, 0.05) is 33.5 Å². The molecule has 192 valence electrons. The smallest absolute Gasteiger partial charge is 0.319 e. The number of unbranched alkanes of at least 4 members (excludes halogenated alkanes) is 2. The number of carboxylic acids is 1. The molecule has 0 radical (unpaired) electrons. The lowest BCUT2D eigenvalue weighted by molar-refractivity contribution is -0.138. The second-order valence-electron chi connectivity index (χ2n) is 10.2. The van der Waals surface area contributed by atoms with Crippen molar-refractivity contribution in [3.05, 3.63) is 48.0 Å². The summed E-state index contributed by atoms with van der Waals surface area (Å²) in [4.78, 5) is 16.8. The van der Waals surface area contributed by atoms with Gasteiger partial charge in [0.15, 0.2) is 0 Å². The van der Waals surface area contributed by atoms with Crippen LogP contribution in [0.15, 0.2) is 52.3 Å². The summed E-state index contributed by atoms with van der Waals surface area (Å²) in [5.74, 6) is 1.07. The molecule has 3 rings (SSSR count). The van der Waals surface area contributed by atoms with Gasteiger partial charge in [-0.15, -0.1) is 35.3 Å². The summed E-state index contributed by atoms with van der Waals surface area (Å²) < 4.78 is -0.804. The van der Waals surface area contributed by atoms with Gasteiger partial charge in [0.2, 0.25) is 0 Å². The standard InChI is InChI=1S/C29H41NO2S3/c1-6-8-15-29(16-9-7-2)20-30(23-13-11-10-12-14-23)24-18-25(33-5)22(17-26(24)34-21-29)19-35-28(3,4)27(31)32/h10-14,17-18H,6-9,15-16,19-21H2,1-5H3,(H,31,32). The third-order valence-electron chi connectivity index (χ3n) is 6.97. The number of hydrogen-bond acceptors (Lipinski definition) is 5. The minimum Gasteiger partial charge on any atom is -0.480 e. The Morgan fingerprint density at radius 3 is 2.34 bits per heavy atom. The molecule has 1 aliphatic rings. The van der Waals surface area contributed by atoms with Gasteiger partial charge >= 0.3 is 5.97 Å². The number of para-hydroxylation sites is 1. The van der Waals surface area contributed by atoms with Crippen LogP contribution in [0.25, 0.3) is 0 Å². The van der Waals surface area contributed by atoms with Crippen LogP contribution in [0.2, 0.25) is 0 Å². The minimum atomic E-state index is -0.804. The van der Waals surface area contributed by atoms with Crippen LogP contribution in [0, 0.1) is 5.41 Å². The van der Waals surface area contributed by atoms with E-state index in [-0.39, 0.29) is 5.41 Å². The summed E-state index contributed by atoms with van der Waals surface area (Å²) in [5.41, 5.74) is 4.08. The zero-order chi connectivity index (χ0) is 25.5. The van der Waals surface area contributed by atoms with Crippen molar-refractivity contribution in [2.24, 2.45) is 5.41 Å². The SMILES string of the molecule is CCCCC1(CCCC)CSc2cc(CSC(C)(C)C(=O)O)c(SC)cc2N(c2ccccc2)C1. The Morgan fingerprint density at radius 1 is 1.11 bits per heavy atom. The lowest BCUT2D eigenvalue weighted by Crippen LogP contribution is -2.36. The van der Waals surface area contributed by atoms with E-state index in [2.05, 4.69) is 67.5 Å². The summed E-state index contributed by atoms with van der Waals surface area (Å²) >= 11 is 5.28. The summed E-state index contributed by atoms with van der Waals surface area (Å²) in [6.07, 6.45) is 9.65. The number of rotatable bonds is 12. The highest BCUT2D eigenvalue weighted by Gasteiger charge is 2.36. The molecule has 0 spiro atoms. The number of anilines is 2. The van der Waals surface area contributed by atoms with Crippen LogP contribution in [0.3, 0.4) is 0 Å². The molecule has 0 bridgehead atoms. The number of thioether (sulfide) groups is 3. The fourth-order valence-electron chi connectivity index (χ4n) is 4.61. The van der Waals surface area contributed by atoms with Crippen molar-refractivity contribution in [2.45, 2.75) is 86.5 Å². The normalized spacial score (nSPS) is 15.5. The molecule has 2 aromatic rings. The zero-order valence-corrected chi connectivity index (χ0v) is 24.4. The summed E-state index contributed by atoms with van der Waals surface area (Å²) in [6.45, 7) is 9.24. The molecule has 0 saturated heterocycles. The van der Waals surface area contributed by atoms with Crippen molar-refractivity contribution < 1.29 is 9.90 Å². The third kappa shape index (κ3) is 7.17. The molecule has 2 aromatic carbocycles. The highest BCUT2D eigenvalue weighted by Crippen LogP contribution is 2.49. The molecule has 1 N–H and O–H groups in total. The first-order valence-electron chi connectivity index (χ1n) is 12.8. The van der Waals surface area contributed by atoms with E-state index in [1.807, 2.05) is 11.8 Å². The van der Waals surface area contributed by atoms with Crippen molar-refractivity contribution in [1.29, 1.82) is 0 Å². The number of benzene rings is 2. The molecule has 0 amide bonds. The molecule has 6 heteroatoms. The second kappa shape index (κ2) is 12.8. The van der Waals surface area contributed by atoms with Crippen molar-refractivity contribution in [3.8, 4) is 0 Å². The monoisotopic (exact) mass is 531 g/mol. The van der Waals surface area contributed by atoms with Gasteiger partial charge in [0.05, 0.1) is 5.69 Å². The summed E-state index contributed by atoms with van der Waals surface area (Å²) in [5, 5.41) is 9.60. The second-order valence-corrected chi connectivity index (χ2v) is 13.6. The molecule has 1 heterocycles. The Labute approximate surface area is 225 Å². The molecule has 1 aliphatic heterocycles. The molecule has 0 saturated carbocycles. The van der Waals surface area contributed by atoms with E-state index in [1.165, 1.54) is 77.0 Å². The van der Waals surface area contributed by atoms with Crippen molar-refractivity contribution >= 4 is 52.6 Å². The van der Waals surface area contributed by atoms with Crippen molar-refractivity contribution in [1.82, 2.24) is 0 Å². The predicted octanol–water partition coefficient (Wildman–Crippen LogP) is 9.12. The van der Waals surface area contributed by atoms with Crippen LogP contribution in [-0.4, -0.2) is 34.4 Å². The van der Waals surface area contributed by atoms with E-state index in [1.54, 1.807) is 25.6 Å². The highest BCUT2D eigenvalue weighted by molar-refractivity contribution is 8.01. The average molecular weight is 532 g/mol. The lowest BCUT2D eigenvalue weighted by Gasteiger charge is -2.37. The van der Waals surface area contributed by atoms with E-state index in [9.17, 15) is 9.90 Å². The number of carbonyl (C=O) groups is 1. The van der Waals surface area contributed by atoms with Crippen LogP contribution in [-0.2, 0) is 10.5 Å². The third-order valence-corrected chi connectivity index (χ3v) is 10.5. The molecule has 0 atom stereocenters. The van der Waals surface area contributed by atoms with Gasteiger partial charge in [-0.1, -0.05) is 57.7 Å². The lowest BCUT2D eigenvalue weighted by atomic mass is 9.79. The Balaban J connectivity index is 2.05. The van der Waals surface area contributed by atoms with Crippen LogP contribution in [0.1, 0.15) is 71.8 Å². The van der Waals surface area contributed by atoms with E-state index >= 15 is 0 Å². The molecule has 35 heavy (non-hydrogen) atoms. The molecular weight excluding hydrogens is 491 g/mol. The number of carboxylic acid groups (broad SMARTS) is 1. The first kappa shape index (κ1) is 28.3.